The molecule has 196 valence electrons. The molecule has 1 saturated carbocycles. The van der Waals surface area contributed by atoms with E-state index >= 15 is 0 Å². The molecule has 0 heterocycles. The quantitative estimate of drug-likeness (QED) is 0.136. The van der Waals surface area contributed by atoms with Gasteiger partial charge >= 0.3 is 5.97 Å². The lowest BCUT2D eigenvalue weighted by atomic mass is 9.58. The lowest BCUT2D eigenvalue weighted by Crippen LogP contribution is -2.63. The number of carbonyl (C=O) groups is 4. The molecule has 0 spiro atoms. The van der Waals surface area contributed by atoms with Crippen LogP contribution in [0.2, 0.25) is 0 Å². The number of fused-ring (bicyclic) bond motifs is 3. The van der Waals surface area contributed by atoms with E-state index in [4.69, 9.17) is 10.5 Å². The highest BCUT2D eigenvalue weighted by molar-refractivity contribution is 6.22. The third kappa shape index (κ3) is 4.00. The number of rotatable bonds is 6. The molecule has 3 aliphatic rings. The van der Waals surface area contributed by atoms with Crippen LogP contribution in [0.4, 0.5) is 0 Å². The SMILES string of the molecule is CCCCOC(=O)/C=C/c1ccc2c(c1O)C(O)=C1C(=O)[C@]3(O)C(O)=C(C(N)=O)C(=O)C[C@@H]3[C@@H](O)[C@@H]1C2. The molecule has 11 nitrogen and oxygen atoms in total. The lowest BCUT2D eigenvalue weighted by molar-refractivity contribution is -0.159. The molecule has 3 aliphatic carbocycles. The zero-order chi connectivity index (χ0) is 27.2. The Kier molecular flexibility index (Phi) is 6.70. The molecule has 1 aromatic rings. The first-order chi connectivity index (χ1) is 17.4. The van der Waals surface area contributed by atoms with Crippen molar-refractivity contribution < 1.29 is 49.4 Å². The van der Waals surface area contributed by atoms with Crippen LogP contribution < -0.4 is 5.73 Å². The van der Waals surface area contributed by atoms with Gasteiger partial charge in [-0.3, -0.25) is 14.4 Å². The molecule has 0 saturated heterocycles. The average molecular weight is 513 g/mol. The number of unbranched alkanes of at least 4 members (excludes halogenated alkanes) is 1. The standard InChI is InChI=1S/C26H27NO10/c1-2-3-8-37-16(29)7-6-11-4-5-12-9-13-18(22(32)17(12)20(11)30)23(33)26(36)14(21(13)31)10-15(28)19(24(26)34)25(27)35/h4-7,13-14,21,30-32,34,36H,2-3,8-10H2,1H3,(H2,27,35)/b7-6+/t13-,14-,21+,26+/m1/s1. The van der Waals surface area contributed by atoms with E-state index in [1.54, 1.807) is 0 Å². The van der Waals surface area contributed by atoms with Gasteiger partial charge in [0, 0.05) is 35.5 Å². The molecule has 0 radical (unpaired) electrons. The molecule has 11 heteroatoms. The number of Topliss-reactive ketones (excluding diaryl/α,β-unsaturated/α-hetero) is 2. The summed E-state index contributed by atoms with van der Waals surface area (Å²) in [5, 5.41) is 54.9. The highest BCUT2D eigenvalue weighted by Crippen LogP contribution is 2.52. The molecular weight excluding hydrogens is 486 g/mol. The number of nitrogens with two attached hydrogens (primary N) is 1. The smallest absolute Gasteiger partial charge is 0.330 e. The number of esters is 1. The van der Waals surface area contributed by atoms with Crippen LogP contribution in [-0.2, 0) is 30.3 Å². The van der Waals surface area contributed by atoms with Gasteiger partial charge in [0.05, 0.1) is 18.3 Å². The number of hydrogen-bond acceptors (Lipinski definition) is 10. The minimum absolute atomic E-state index is 0.0494. The topological polar surface area (TPSA) is 205 Å². The van der Waals surface area contributed by atoms with E-state index in [1.807, 2.05) is 6.92 Å². The van der Waals surface area contributed by atoms with Crippen molar-refractivity contribution in [3.05, 3.63) is 51.8 Å². The van der Waals surface area contributed by atoms with Crippen LogP contribution in [0, 0.1) is 11.8 Å². The Morgan fingerprint density at radius 1 is 1.19 bits per heavy atom. The van der Waals surface area contributed by atoms with Crippen LogP contribution >= 0.6 is 0 Å². The van der Waals surface area contributed by atoms with Crippen molar-refractivity contribution in [2.45, 2.75) is 44.3 Å². The molecule has 4 atom stereocenters. The van der Waals surface area contributed by atoms with Gasteiger partial charge in [0.1, 0.15) is 22.8 Å². The van der Waals surface area contributed by atoms with Crippen molar-refractivity contribution in [2.75, 3.05) is 6.61 Å². The summed E-state index contributed by atoms with van der Waals surface area (Å²) in [6.07, 6.45) is 1.65. The normalized spacial score (nSPS) is 27.2. The fourth-order valence-electron chi connectivity index (χ4n) is 5.29. The van der Waals surface area contributed by atoms with Crippen molar-refractivity contribution in [1.29, 1.82) is 0 Å². The number of amides is 1. The van der Waals surface area contributed by atoms with Crippen molar-refractivity contribution >= 4 is 35.3 Å². The van der Waals surface area contributed by atoms with Gasteiger partial charge in [-0.15, -0.1) is 0 Å². The molecule has 0 aromatic heterocycles. The van der Waals surface area contributed by atoms with Crippen LogP contribution in [-0.4, -0.2) is 67.3 Å². The summed E-state index contributed by atoms with van der Waals surface area (Å²) in [5.74, 6) is -9.20. The molecule has 0 unspecified atom stereocenters. The van der Waals surface area contributed by atoms with E-state index in [0.717, 1.165) is 12.5 Å². The van der Waals surface area contributed by atoms with Crippen LogP contribution in [0.1, 0.15) is 42.9 Å². The second-order valence-corrected chi connectivity index (χ2v) is 9.37. The molecule has 0 bridgehead atoms. The van der Waals surface area contributed by atoms with Gasteiger partial charge in [0.15, 0.2) is 11.4 Å². The first kappa shape index (κ1) is 26.1. The van der Waals surface area contributed by atoms with Crippen molar-refractivity contribution in [2.24, 2.45) is 17.6 Å². The van der Waals surface area contributed by atoms with Crippen LogP contribution in [0.3, 0.4) is 0 Å². The summed E-state index contributed by atoms with van der Waals surface area (Å²) in [7, 11) is 0. The molecule has 1 fully saturated rings. The number of primary amides is 1. The Morgan fingerprint density at radius 2 is 1.89 bits per heavy atom. The number of ether oxygens (including phenoxy) is 1. The van der Waals surface area contributed by atoms with Crippen LogP contribution in [0.25, 0.3) is 11.8 Å². The van der Waals surface area contributed by atoms with E-state index in [1.165, 1.54) is 18.2 Å². The molecule has 0 aliphatic heterocycles. The van der Waals surface area contributed by atoms with Gasteiger partial charge in [0.2, 0.25) is 5.78 Å². The fraction of sp³-hybridized carbons (Fsp3) is 0.385. The Hall–Kier alpha value is -3.96. The van der Waals surface area contributed by atoms with Gasteiger partial charge in [-0.1, -0.05) is 25.5 Å². The van der Waals surface area contributed by atoms with Crippen molar-refractivity contribution in [3.8, 4) is 5.75 Å². The van der Waals surface area contributed by atoms with E-state index in [2.05, 4.69) is 0 Å². The third-order valence-electron chi connectivity index (χ3n) is 7.22. The number of aromatic hydroxyl groups is 1. The van der Waals surface area contributed by atoms with Gasteiger partial charge in [-0.25, -0.2) is 4.79 Å². The molecular formula is C26H27NO10. The fourth-order valence-corrected chi connectivity index (χ4v) is 5.29. The predicted molar refractivity (Wildman–Crippen MR) is 128 cm³/mol. The highest BCUT2D eigenvalue weighted by Gasteiger charge is 2.63. The second kappa shape index (κ2) is 9.49. The predicted octanol–water partition coefficient (Wildman–Crippen LogP) is 0.751. The largest absolute Gasteiger partial charge is 0.508 e. The number of aliphatic hydroxyl groups is 4. The van der Waals surface area contributed by atoms with E-state index in [9.17, 15) is 44.7 Å². The summed E-state index contributed by atoms with van der Waals surface area (Å²) in [6.45, 7) is 2.18. The van der Waals surface area contributed by atoms with Gasteiger partial charge < -0.3 is 36.0 Å². The first-order valence-electron chi connectivity index (χ1n) is 11.8. The average Bonchev–Trinajstić information content (AvgIpc) is 2.84. The summed E-state index contributed by atoms with van der Waals surface area (Å²) in [5.41, 5.74) is 1.18. The minimum atomic E-state index is -2.88. The lowest BCUT2D eigenvalue weighted by Gasteiger charge is -2.48. The maximum Gasteiger partial charge on any atom is 0.330 e. The summed E-state index contributed by atoms with van der Waals surface area (Å²) >= 11 is 0. The molecule has 1 amide bonds. The van der Waals surface area contributed by atoms with Crippen LogP contribution in [0.15, 0.2) is 35.1 Å². The van der Waals surface area contributed by atoms with E-state index in [-0.39, 0.29) is 24.2 Å². The number of aliphatic hydroxyl groups excluding tert-OH is 3. The molecule has 7 N–H and O–H groups in total. The van der Waals surface area contributed by atoms with Gasteiger partial charge in [0.25, 0.3) is 5.91 Å². The summed E-state index contributed by atoms with van der Waals surface area (Å²) < 4.78 is 5.03. The van der Waals surface area contributed by atoms with Crippen LogP contribution in [0.5, 0.6) is 5.75 Å². The second-order valence-electron chi connectivity index (χ2n) is 9.37. The van der Waals surface area contributed by atoms with E-state index < -0.39 is 81.8 Å². The van der Waals surface area contributed by atoms with E-state index in [0.29, 0.717) is 12.0 Å². The molecule has 37 heavy (non-hydrogen) atoms. The highest BCUT2D eigenvalue weighted by atomic mass is 16.5. The zero-order valence-corrected chi connectivity index (χ0v) is 19.9. The Morgan fingerprint density at radius 3 is 2.54 bits per heavy atom. The number of carbonyl (C=O) groups excluding carboxylic acids is 4. The number of phenolic OH excluding ortho intramolecular Hbond substituents is 1. The van der Waals surface area contributed by atoms with Crippen molar-refractivity contribution in [3.63, 3.8) is 0 Å². The number of ketones is 2. The van der Waals surface area contributed by atoms with Crippen molar-refractivity contribution in [1.82, 2.24) is 0 Å². The summed E-state index contributed by atoms with van der Waals surface area (Å²) in [6, 6.07) is 3.02. The molecule has 1 aromatic carbocycles. The number of phenols is 1. The third-order valence-corrected chi connectivity index (χ3v) is 7.22. The number of benzene rings is 1. The zero-order valence-electron chi connectivity index (χ0n) is 19.9. The Balaban J connectivity index is 1.78. The molecule has 4 rings (SSSR count). The number of hydrogen-bond donors (Lipinski definition) is 6. The summed E-state index contributed by atoms with van der Waals surface area (Å²) in [4.78, 5) is 49.5. The maximum atomic E-state index is 13.5. The van der Waals surface area contributed by atoms with Gasteiger partial charge in [-0.2, -0.15) is 0 Å². The first-order valence-corrected chi connectivity index (χ1v) is 11.8. The monoisotopic (exact) mass is 513 g/mol. The van der Waals surface area contributed by atoms with Gasteiger partial charge in [-0.05, 0) is 24.5 Å². The minimum Gasteiger partial charge on any atom is -0.508 e. The maximum absolute atomic E-state index is 13.5. The Bertz CT molecular complexity index is 1310. The Labute approximate surface area is 211 Å².